The molecule has 4 heteroatoms. The summed E-state index contributed by atoms with van der Waals surface area (Å²) in [6.45, 7) is 2.14. The highest BCUT2D eigenvalue weighted by Crippen LogP contribution is 2.23. The lowest BCUT2D eigenvalue weighted by Crippen LogP contribution is -2.37. The Morgan fingerprint density at radius 1 is 1.19 bits per heavy atom. The van der Waals surface area contributed by atoms with Gasteiger partial charge in [0.25, 0.3) is 0 Å². The number of nitrogens with one attached hydrogen (secondary N) is 1. The van der Waals surface area contributed by atoms with Crippen molar-refractivity contribution in [3.8, 4) is 0 Å². The maximum absolute atomic E-state index is 6.27. The van der Waals surface area contributed by atoms with Crippen LogP contribution in [0.25, 0.3) is 0 Å². The van der Waals surface area contributed by atoms with Gasteiger partial charge in [0.15, 0.2) is 0 Å². The lowest BCUT2D eigenvalue weighted by Gasteiger charge is -2.17. The van der Waals surface area contributed by atoms with Crippen LogP contribution in [0.4, 0.5) is 0 Å². The van der Waals surface area contributed by atoms with Crippen LogP contribution >= 0.6 is 27.5 Å². The minimum absolute atomic E-state index is 0.211. The van der Waals surface area contributed by atoms with E-state index in [0.29, 0.717) is 0 Å². The Bertz CT molecular complexity index is 601. The van der Waals surface area contributed by atoms with Crippen molar-refractivity contribution in [1.82, 2.24) is 5.43 Å². The van der Waals surface area contributed by atoms with Gasteiger partial charge in [0, 0.05) is 15.5 Å². The van der Waals surface area contributed by atoms with Crippen LogP contribution in [0.15, 0.2) is 46.9 Å². The Balaban J connectivity index is 1.99. The number of halogens is 2. The van der Waals surface area contributed by atoms with Gasteiger partial charge in [-0.3, -0.25) is 11.3 Å². The number of hydrogen-bond donors (Lipinski definition) is 2. The molecule has 0 saturated heterocycles. The van der Waals surface area contributed by atoms with Crippen molar-refractivity contribution < 1.29 is 0 Å². The number of aryl methyl sites for hydroxylation is 2. The predicted octanol–water partition coefficient (Wildman–Crippen LogP) is 4.42. The molecule has 0 aliphatic heterocycles. The quantitative estimate of drug-likeness (QED) is 0.586. The topological polar surface area (TPSA) is 38.0 Å². The summed E-state index contributed by atoms with van der Waals surface area (Å²) in [6.07, 6.45) is 2.82. The molecule has 21 heavy (non-hydrogen) atoms. The molecule has 0 spiro atoms. The second-order valence-electron chi connectivity index (χ2n) is 5.27. The predicted molar refractivity (Wildman–Crippen MR) is 93.5 cm³/mol. The fraction of sp³-hybridized carbons (Fsp3) is 0.294. The van der Waals surface area contributed by atoms with Gasteiger partial charge in [-0.2, -0.15) is 0 Å². The molecule has 0 fully saturated rings. The zero-order chi connectivity index (χ0) is 15.2. The summed E-state index contributed by atoms with van der Waals surface area (Å²) < 4.78 is 0.994. The monoisotopic (exact) mass is 366 g/mol. The smallest absolute Gasteiger partial charge is 0.0449 e. The highest BCUT2D eigenvalue weighted by atomic mass is 79.9. The Morgan fingerprint density at radius 3 is 2.62 bits per heavy atom. The van der Waals surface area contributed by atoms with Gasteiger partial charge in [0.2, 0.25) is 0 Å². The molecule has 0 saturated carbocycles. The fourth-order valence-electron chi connectivity index (χ4n) is 2.42. The molecular formula is C17H20BrClN2. The third-order valence-electron chi connectivity index (χ3n) is 3.74. The van der Waals surface area contributed by atoms with Crippen LogP contribution in [0.5, 0.6) is 0 Å². The molecule has 2 rings (SSSR count). The Labute approximate surface area is 139 Å². The molecule has 0 aliphatic carbocycles. The Morgan fingerprint density at radius 2 is 1.95 bits per heavy atom. The van der Waals surface area contributed by atoms with Crippen LogP contribution in [0.2, 0.25) is 5.02 Å². The minimum atomic E-state index is 0.211. The summed E-state index contributed by atoms with van der Waals surface area (Å²) in [4.78, 5) is 0. The first-order valence-corrected chi connectivity index (χ1v) is 8.22. The largest absolute Gasteiger partial charge is 0.271 e. The third kappa shape index (κ3) is 4.82. The SMILES string of the molecule is Cc1ccccc1CCC(Cc1ccc(Br)cc1Cl)NN. The van der Waals surface area contributed by atoms with E-state index in [1.54, 1.807) is 0 Å². The van der Waals surface area contributed by atoms with Gasteiger partial charge in [0.05, 0.1) is 0 Å². The highest BCUT2D eigenvalue weighted by Gasteiger charge is 2.11. The zero-order valence-corrected chi connectivity index (χ0v) is 14.4. The lowest BCUT2D eigenvalue weighted by atomic mass is 9.97. The van der Waals surface area contributed by atoms with Crippen molar-refractivity contribution in [1.29, 1.82) is 0 Å². The fourth-order valence-corrected chi connectivity index (χ4v) is 3.17. The highest BCUT2D eigenvalue weighted by molar-refractivity contribution is 9.10. The Kier molecular flexibility index (Phi) is 6.24. The Hall–Kier alpha value is -0.870. The van der Waals surface area contributed by atoms with Gasteiger partial charge in [-0.1, -0.05) is 57.9 Å². The molecule has 0 radical (unpaired) electrons. The van der Waals surface area contributed by atoms with Crippen LogP contribution in [0.3, 0.4) is 0 Å². The van der Waals surface area contributed by atoms with Crippen molar-refractivity contribution >= 4 is 27.5 Å². The molecule has 2 nitrogen and oxygen atoms in total. The first-order valence-electron chi connectivity index (χ1n) is 7.04. The first-order chi connectivity index (χ1) is 10.1. The molecule has 0 heterocycles. The minimum Gasteiger partial charge on any atom is -0.271 e. The van der Waals surface area contributed by atoms with E-state index in [2.05, 4.69) is 52.5 Å². The van der Waals surface area contributed by atoms with E-state index < -0.39 is 0 Å². The van der Waals surface area contributed by atoms with Crippen LogP contribution in [0.1, 0.15) is 23.1 Å². The standard InChI is InChI=1S/C17H20BrClN2/c1-12-4-2-3-5-13(12)7-9-16(21-20)10-14-6-8-15(18)11-17(14)19/h2-6,8,11,16,21H,7,9-10,20H2,1H3. The van der Waals surface area contributed by atoms with Crippen molar-refractivity contribution in [2.24, 2.45) is 5.84 Å². The molecule has 0 aliphatic rings. The number of hydrogen-bond acceptors (Lipinski definition) is 2. The van der Waals surface area contributed by atoms with E-state index in [0.717, 1.165) is 34.3 Å². The van der Waals surface area contributed by atoms with Gasteiger partial charge in [0.1, 0.15) is 0 Å². The number of nitrogens with two attached hydrogens (primary N) is 1. The van der Waals surface area contributed by atoms with E-state index in [1.807, 2.05) is 18.2 Å². The summed E-state index contributed by atoms with van der Waals surface area (Å²) in [6, 6.07) is 14.7. The van der Waals surface area contributed by atoms with Crippen LogP contribution in [-0.2, 0) is 12.8 Å². The number of rotatable bonds is 6. The van der Waals surface area contributed by atoms with Crippen molar-refractivity contribution in [2.45, 2.75) is 32.2 Å². The van der Waals surface area contributed by atoms with E-state index in [-0.39, 0.29) is 6.04 Å². The van der Waals surface area contributed by atoms with Gasteiger partial charge in [-0.25, -0.2) is 0 Å². The summed E-state index contributed by atoms with van der Waals surface area (Å²) in [5, 5.41) is 0.778. The van der Waals surface area contributed by atoms with E-state index in [1.165, 1.54) is 11.1 Å². The van der Waals surface area contributed by atoms with Gasteiger partial charge >= 0.3 is 0 Å². The average molecular weight is 368 g/mol. The number of hydrazine groups is 1. The van der Waals surface area contributed by atoms with Crippen LogP contribution in [0, 0.1) is 6.92 Å². The molecule has 1 atom stereocenters. The average Bonchev–Trinajstić information content (AvgIpc) is 2.47. The molecule has 112 valence electrons. The molecular weight excluding hydrogens is 348 g/mol. The number of benzene rings is 2. The normalized spacial score (nSPS) is 12.4. The van der Waals surface area contributed by atoms with Gasteiger partial charge < -0.3 is 0 Å². The second kappa shape index (κ2) is 7.95. The summed E-state index contributed by atoms with van der Waals surface area (Å²) >= 11 is 9.70. The first kappa shape index (κ1) is 16.5. The van der Waals surface area contributed by atoms with Crippen molar-refractivity contribution in [3.63, 3.8) is 0 Å². The summed E-state index contributed by atoms with van der Waals surface area (Å²) in [5.74, 6) is 5.70. The maximum Gasteiger partial charge on any atom is 0.0449 e. The molecule has 0 bridgehead atoms. The van der Waals surface area contributed by atoms with Crippen LogP contribution in [-0.4, -0.2) is 6.04 Å². The van der Waals surface area contributed by atoms with Gasteiger partial charge in [-0.05, 0) is 55.0 Å². The third-order valence-corrected chi connectivity index (χ3v) is 4.59. The molecule has 2 aromatic carbocycles. The molecule has 3 N–H and O–H groups in total. The van der Waals surface area contributed by atoms with Crippen LogP contribution < -0.4 is 11.3 Å². The maximum atomic E-state index is 6.27. The van der Waals surface area contributed by atoms with E-state index in [9.17, 15) is 0 Å². The zero-order valence-electron chi connectivity index (χ0n) is 12.1. The van der Waals surface area contributed by atoms with Crippen molar-refractivity contribution in [2.75, 3.05) is 0 Å². The molecule has 0 aromatic heterocycles. The molecule has 2 aromatic rings. The van der Waals surface area contributed by atoms with Gasteiger partial charge in [-0.15, -0.1) is 0 Å². The molecule has 1 unspecified atom stereocenters. The van der Waals surface area contributed by atoms with E-state index in [4.69, 9.17) is 17.4 Å². The second-order valence-corrected chi connectivity index (χ2v) is 6.59. The van der Waals surface area contributed by atoms with Crippen molar-refractivity contribution in [3.05, 3.63) is 68.7 Å². The molecule has 0 amide bonds. The summed E-state index contributed by atoms with van der Waals surface area (Å²) in [7, 11) is 0. The summed E-state index contributed by atoms with van der Waals surface area (Å²) in [5.41, 5.74) is 6.73. The lowest BCUT2D eigenvalue weighted by molar-refractivity contribution is 0.491. The van der Waals surface area contributed by atoms with E-state index >= 15 is 0 Å².